The lowest BCUT2D eigenvalue weighted by molar-refractivity contribution is 0.701. The van der Waals surface area contributed by atoms with Gasteiger partial charge in [-0.2, -0.15) is 15.0 Å². The van der Waals surface area contributed by atoms with Crippen LogP contribution in [-0.4, -0.2) is 24.1 Å². The van der Waals surface area contributed by atoms with E-state index < -0.39 is 0 Å². The van der Waals surface area contributed by atoms with Crippen LogP contribution < -0.4 is 16.7 Å². The van der Waals surface area contributed by atoms with Crippen LogP contribution in [0.4, 0.5) is 17.6 Å². The van der Waals surface area contributed by atoms with Crippen molar-refractivity contribution in [2.75, 3.05) is 11.1 Å². The predicted octanol–water partition coefficient (Wildman–Crippen LogP) is 2.46. The minimum Gasteiger partial charge on any atom is -0.368 e. The summed E-state index contributed by atoms with van der Waals surface area (Å²) in [6, 6.07) is 15.6. The molecule has 4 aromatic rings. The lowest BCUT2D eigenvalue weighted by Gasteiger charge is -2.11. The van der Waals surface area contributed by atoms with E-state index >= 15 is 0 Å². The molecule has 142 valence electrons. The van der Waals surface area contributed by atoms with E-state index in [1.165, 1.54) is 0 Å². The number of anilines is 3. The predicted molar refractivity (Wildman–Crippen MR) is 110 cm³/mol. The van der Waals surface area contributed by atoms with E-state index in [0.29, 0.717) is 11.8 Å². The average Bonchev–Trinajstić information content (AvgIpc) is 2.93. The number of hydrogen-bond donors (Lipinski definition) is 2. The maximum absolute atomic E-state index is 12.6. The number of nitrogens with one attached hydrogen (secondary N) is 1. The van der Waals surface area contributed by atoms with Crippen LogP contribution in [0.15, 0.2) is 53.3 Å². The molecule has 0 radical (unpaired) electrons. The quantitative estimate of drug-likeness (QED) is 0.555. The zero-order valence-corrected chi connectivity index (χ0v) is 15.8. The maximum atomic E-state index is 12.6. The number of nitrogens with zero attached hydrogens (tertiary/aromatic N) is 5. The topological polar surface area (TPSA) is 104 Å². The Balaban J connectivity index is 1.71. The molecule has 2 aromatic heterocycles. The van der Waals surface area contributed by atoms with E-state index in [9.17, 15) is 4.79 Å². The van der Waals surface area contributed by atoms with Crippen molar-refractivity contribution >= 4 is 28.6 Å². The van der Waals surface area contributed by atoms with Gasteiger partial charge in [-0.3, -0.25) is 9.13 Å². The molecule has 0 unspecified atom stereocenters. The maximum Gasteiger partial charge on any atom is 0.329 e. The summed E-state index contributed by atoms with van der Waals surface area (Å²) in [6.07, 6.45) is 0.877. The molecular weight excluding hydrogens is 354 g/mol. The summed E-state index contributed by atoms with van der Waals surface area (Å²) >= 11 is 0. The second kappa shape index (κ2) is 7.15. The van der Waals surface area contributed by atoms with E-state index in [2.05, 4.69) is 27.2 Å². The van der Waals surface area contributed by atoms with Crippen molar-refractivity contribution in [1.29, 1.82) is 0 Å². The molecule has 0 saturated heterocycles. The van der Waals surface area contributed by atoms with Crippen molar-refractivity contribution in [2.24, 2.45) is 7.05 Å². The SMILES string of the molecule is CCc1ccccc1Nc1nc(N)nc(Cn2c(=O)n(C)c3ccccc32)n1. The Morgan fingerprint density at radius 1 is 1.00 bits per heavy atom. The van der Waals surface area contributed by atoms with Gasteiger partial charge in [-0.25, -0.2) is 4.79 Å². The number of benzene rings is 2. The van der Waals surface area contributed by atoms with Crippen LogP contribution in [0.2, 0.25) is 0 Å². The average molecular weight is 375 g/mol. The number of nitrogens with two attached hydrogens (primary N) is 1. The monoisotopic (exact) mass is 375 g/mol. The van der Waals surface area contributed by atoms with Crippen LogP contribution in [0.1, 0.15) is 18.3 Å². The van der Waals surface area contributed by atoms with Crippen molar-refractivity contribution < 1.29 is 0 Å². The summed E-state index contributed by atoms with van der Waals surface area (Å²) in [5.41, 5.74) is 9.50. The Morgan fingerprint density at radius 2 is 1.71 bits per heavy atom. The number of hydrogen-bond acceptors (Lipinski definition) is 6. The van der Waals surface area contributed by atoms with Crippen molar-refractivity contribution in [3.63, 3.8) is 0 Å². The summed E-state index contributed by atoms with van der Waals surface area (Å²) < 4.78 is 3.24. The Hall–Kier alpha value is -3.68. The van der Waals surface area contributed by atoms with E-state index in [0.717, 1.165) is 28.7 Å². The molecule has 0 aliphatic carbocycles. The molecule has 0 bridgehead atoms. The minimum absolute atomic E-state index is 0.106. The number of fused-ring (bicyclic) bond motifs is 1. The molecule has 0 fully saturated rings. The number of rotatable bonds is 5. The van der Waals surface area contributed by atoms with Crippen LogP contribution in [-0.2, 0) is 20.0 Å². The Morgan fingerprint density at radius 3 is 2.50 bits per heavy atom. The van der Waals surface area contributed by atoms with Gasteiger partial charge in [0.25, 0.3) is 0 Å². The van der Waals surface area contributed by atoms with Crippen molar-refractivity contribution in [1.82, 2.24) is 24.1 Å². The van der Waals surface area contributed by atoms with Crippen LogP contribution in [0.3, 0.4) is 0 Å². The van der Waals surface area contributed by atoms with Gasteiger partial charge in [0.1, 0.15) is 0 Å². The molecule has 8 heteroatoms. The van der Waals surface area contributed by atoms with Gasteiger partial charge in [-0.05, 0) is 30.2 Å². The first-order valence-corrected chi connectivity index (χ1v) is 9.06. The summed E-state index contributed by atoms with van der Waals surface area (Å²) in [7, 11) is 1.75. The Bertz CT molecular complexity index is 1210. The first kappa shape index (κ1) is 17.7. The molecule has 0 spiro atoms. The standard InChI is InChI=1S/C20H21N7O/c1-3-13-8-4-5-9-14(13)22-19-24-17(23-18(21)25-19)12-27-16-11-7-6-10-15(16)26(2)20(27)28/h4-11H,3,12H2,1-2H3,(H3,21,22,23,24,25). The van der Waals surface area contributed by atoms with Gasteiger partial charge in [-0.1, -0.05) is 37.3 Å². The molecule has 0 aliphatic heterocycles. The highest BCUT2D eigenvalue weighted by molar-refractivity contribution is 5.75. The first-order chi connectivity index (χ1) is 13.6. The van der Waals surface area contributed by atoms with Crippen molar-refractivity contribution in [3.05, 3.63) is 70.4 Å². The van der Waals surface area contributed by atoms with E-state index in [1.54, 1.807) is 16.2 Å². The van der Waals surface area contributed by atoms with Gasteiger partial charge in [0.2, 0.25) is 11.9 Å². The summed E-state index contributed by atoms with van der Waals surface area (Å²) in [5.74, 6) is 0.883. The highest BCUT2D eigenvalue weighted by Crippen LogP contribution is 2.20. The Labute approximate surface area is 161 Å². The summed E-state index contributed by atoms with van der Waals surface area (Å²) in [4.78, 5) is 25.5. The van der Waals surface area contributed by atoms with E-state index in [-0.39, 0.29) is 18.2 Å². The van der Waals surface area contributed by atoms with Crippen molar-refractivity contribution in [2.45, 2.75) is 19.9 Å². The number of aryl methyl sites for hydroxylation is 2. The number of para-hydroxylation sites is 3. The van der Waals surface area contributed by atoms with Crippen LogP contribution in [0.5, 0.6) is 0 Å². The normalized spacial score (nSPS) is 11.1. The third-order valence-electron chi connectivity index (χ3n) is 4.70. The number of imidazole rings is 1. The Kier molecular flexibility index (Phi) is 4.52. The lowest BCUT2D eigenvalue weighted by Crippen LogP contribution is -2.24. The summed E-state index contributed by atoms with van der Waals surface area (Å²) in [5, 5.41) is 3.21. The van der Waals surface area contributed by atoms with E-state index in [1.807, 2.05) is 48.5 Å². The first-order valence-electron chi connectivity index (χ1n) is 9.06. The minimum atomic E-state index is -0.133. The van der Waals surface area contributed by atoms with Gasteiger partial charge in [0.15, 0.2) is 5.82 Å². The molecule has 4 rings (SSSR count). The van der Waals surface area contributed by atoms with Crippen LogP contribution in [0.25, 0.3) is 11.0 Å². The van der Waals surface area contributed by atoms with Crippen LogP contribution in [0, 0.1) is 0 Å². The largest absolute Gasteiger partial charge is 0.368 e. The third kappa shape index (κ3) is 3.20. The van der Waals surface area contributed by atoms with Gasteiger partial charge in [0.05, 0.1) is 17.6 Å². The van der Waals surface area contributed by atoms with Gasteiger partial charge in [0, 0.05) is 12.7 Å². The molecule has 28 heavy (non-hydrogen) atoms. The van der Waals surface area contributed by atoms with Gasteiger partial charge < -0.3 is 11.1 Å². The van der Waals surface area contributed by atoms with Crippen molar-refractivity contribution in [3.8, 4) is 0 Å². The smallest absolute Gasteiger partial charge is 0.329 e. The molecule has 2 heterocycles. The fourth-order valence-corrected chi connectivity index (χ4v) is 3.29. The third-order valence-corrected chi connectivity index (χ3v) is 4.70. The molecular formula is C20H21N7O. The second-order valence-corrected chi connectivity index (χ2v) is 6.49. The van der Waals surface area contributed by atoms with Gasteiger partial charge >= 0.3 is 5.69 Å². The number of nitrogen functional groups attached to an aromatic ring is 1. The lowest BCUT2D eigenvalue weighted by atomic mass is 10.1. The molecule has 3 N–H and O–H groups in total. The number of aromatic nitrogens is 5. The van der Waals surface area contributed by atoms with Crippen LogP contribution >= 0.6 is 0 Å². The second-order valence-electron chi connectivity index (χ2n) is 6.49. The fourth-order valence-electron chi connectivity index (χ4n) is 3.29. The molecule has 0 aliphatic rings. The molecule has 8 nitrogen and oxygen atoms in total. The highest BCUT2D eigenvalue weighted by atomic mass is 16.1. The summed E-state index contributed by atoms with van der Waals surface area (Å²) in [6.45, 7) is 2.29. The zero-order chi connectivity index (χ0) is 19.7. The zero-order valence-electron chi connectivity index (χ0n) is 15.8. The molecule has 0 saturated carbocycles. The fraction of sp³-hybridized carbons (Fsp3) is 0.200. The molecule has 0 atom stereocenters. The van der Waals surface area contributed by atoms with E-state index in [4.69, 9.17) is 5.73 Å². The molecule has 2 aromatic carbocycles. The highest BCUT2D eigenvalue weighted by Gasteiger charge is 2.13. The molecule has 0 amide bonds. The van der Waals surface area contributed by atoms with Gasteiger partial charge in [-0.15, -0.1) is 0 Å².